The second-order valence-electron chi connectivity index (χ2n) is 5.74. The maximum absolute atomic E-state index is 12.1. The second-order valence-corrected chi connectivity index (χ2v) is 5.74. The number of aryl methyl sites for hydroxylation is 2. The van der Waals surface area contributed by atoms with Gasteiger partial charge >= 0.3 is 0 Å². The van der Waals surface area contributed by atoms with Crippen molar-refractivity contribution in [1.29, 1.82) is 0 Å². The van der Waals surface area contributed by atoms with Gasteiger partial charge in [-0.15, -0.1) is 0 Å². The highest BCUT2D eigenvalue weighted by Gasteiger charge is 2.09. The van der Waals surface area contributed by atoms with Crippen molar-refractivity contribution in [2.75, 3.05) is 7.11 Å². The average molecular weight is 311 g/mol. The molecule has 1 atom stereocenters. The first-order valence-corrected chi connectivity index (χ1v) is 8.13. The van der Waals surface area contributed by atoms with E-state index in [1.807, 2.05) is 31.2 Å². The third-order valence-electron chi connectivity index (χ3n) is 4.04. The minimum atomic E-state index is 0.0266. The monoisotopic (exact) mass is 311 g/mol. The third-order valence-corrected chi connectivity index (χ3v) is 4.04. The van der Waals surface area contributed by atoms with E-state index in [-0.39, 0.29) is 11.9 Å². The first kappa shape index (κ1) is 17.1. The number of carbonyl (C=O) groups is 1. The summed E-state index contributed by atoms with van der Waals surface area (Å²) in [6.45, 7) is 4.16. The van der Waals surface area contributed by atoms with Crippen LogP contribution in [0.3, 0.4) is 0 Å². The number of rotatable bonds is 7. The molecule has 1 N–H and O–H groups in total. The van der Waals surface area contributed by atoms with Crippen molar-refractivity contribution in [2.24, 2.45) is 0 Å². The average Bonchev–Trinajstić information content (AvgIpc) is 2.60. The van der Waals surface area contributed by atoms with Gasteiger partial charge in [0.1, 0.15) is 5.75 Å². The van der Waals surface area contributed by atoms with E-state index in [0.29, 0.717) is 12.8 Å². The molecule has 0 aliphatic rings. The zero-order valence-electron chi connectivity index (χ0n) is 14.1. The molecule has 0 aromatic heterocycles. The molecule has 3 heteroatoms. The summed E-state index contributed by atoms with van der Waals surface area (Å²) < 4.78 is 5.20. The predicted octanol–water partition coefficient (Wildman–Crippen LogP) is 4.07. The highest BCUT2D eigenvalue weighted by Crippen LogP contribution is 2.16. The summed E-state index contributed by atoms with van der Waals surface area (Å²) in [5, 5.41) is 3.06. The summed E-state index contributed by atoms with van der Waals surface area (Å²) in [6, 6.07) is 16.3. The molecule has 122 valence electrons. The van der Waals surface area contributed by atoms with Gasteiger partial charge in [-0.25, -0.2) is 0 Å². The Labute approximate surface area is 138 Å². The van der Waals surface area contributed by atoms with Gasteiger partial charge < -0.3 is 10.1 Å². The molecule has 2 aromatic carbocycles. The normalized spacial score (nSPS) is 11.8. The van der Waals surface area contributed by atoms with Crippen molar-refractivity contribution in [3.63, 3.8) is 0 Å². The van der Waals surface area contributed by atoms with E-state index >= 15 is 0 Å². The SMILES string of the molecule is CCc1ccc(C(C)NC(=O)CCc2cccc(OC)c2)cc1. The van der Waals surface area contributed by atoms with Crippen LogP contribution in [-0.4, -0.2) is 13.0 Å². The number of carbonyl (C=O) groups excluding carboxylic acids is 1. The van der Waals surface area contributed by atoms with E-state index in [2.05, 4.69) is 36.5 Å². The number of ether oxygens (including phenoxy) is 1. The molecule has 0 saturated heterocycles. The van der Waals surface area contributed by atoms with Crippen LogP contribution in [0.4, 0.5) is 0 Å². The Bertz CT molecular complexity index is 634. The molecule has 1 unspecified atom stereocenters. The molecule has 23 heavy (non-hydrogen) atoms. The predicted molar refractivity (Wildman–Crippen MR) is 93.7 cm³/mol. The summed E-state index contributed by atoms with van der Waals surface area (Å²) in [5.74, 6) is 0.896. The van der Waals surface area contributed by atoms with Crippen LogP contribution in [0.25, 0.3) is 0 Å². The van der Waals surface area contributed by atoms with Crippen LogP contribution in [-0.2, 0) is 17.6 Å². The first-order chi connectivity index (χ1) is 11.1. The van der Waals surface area contributed by atoms with Crippen molar-refractivity contribution in [1.82, 2.24) is 5.32 Å². The zero-order chi connectivity index (χ0) is 16.7. The van der Waals surface area contributed by atoms with E-state index in [4.69, 9.17) is 4.74 Å². The fourth-order valence-electron chi connectivity index (χ4n) is 2.52. The van der Waals surface area contributed by atoms with Gasteiger partial charge in [0.2, 0.25) is 5.91 Å². The van der Waals surface area contributed by atoms with Crippen molar-refractivity contribution >= 4 is 5.91 Å². The van der Waals surface area contributed by atoms with Gasteiger partial charge in [0.15, 0.2) is 0 Å². The van der Waals surface area contributed by atoms with Gasteiger partial charge in [-0.3, -0.25) is 4.79 Å². The Kier molecular flexibility index (Phi) is 6.21. The summed E-state index contributed by atoms with van der Waals surface area (Å²) in [6.07, 6.45) is 2.22. The number of amides is 1. The van der Waals surface area contributed by atoms with Crippen LogP contribution in [0.1, 0.15) is 43.0 Å². The Hall–Kier alpha value is -2.29. The lowest BCUT2D eigenvalue weighted by Crippen LogP contribution is -2.26. The summed E-state index contributed by atoms with van der Waals surface area (Å²) >= 11 is 0. The van der Waals surface area contributed by atoms with Crippen molar-refractivity contribution in [2.45, 2.75) is 39.2 Å². The number of hydrogen-bond acceptors (Lipinski definition) is 2. The fraction of sp³-hybridized carbons (Fsp3) is 0.350. The molecule has 0 heterocycles. The standard InChI is InChI=1S/C20H25NO2/c1-4-16-8-11-18(12-9-16)15(2)21-20(22)13-10-17-6-5-7-19(14-17)23-3/h5-9,11-12,14-15H,4,10,13H2,1-3H3,(H,21,22). The zero-order valence-corrected chi connectivity index (χ0v) is 14.1. The van der Waals surface area contributed by atoms with Crippen LogP contribution in [0.2, 0.25) is 0 Å². The van der Waals surface area contributed by atoms with E-state index in [1.54, 1.807) is 7.11 Å². The van der Waals surface area contributed by atoms with Gasteiger partial charge in [-0.2, -0.15) is 0 Å². The minimum absolute atomic E-state index is 0.0266. The largest absolute Gasteiger partial charge is 0.497 e. The van der Waals surface area contributed by atoms with Gasteiger partial charge in [0.05, 0.1) is 13.2 Å². The first-order valence-electron chi connectivity index (χ1n) is 8.13. The maximum Gasteiger partial charge on any atom is 0.220 e. The lowest BCUT2D eigenvalue weighted by molar-refractivity contribution is -0.121. The molecular formula is C20H25NO2. The van der Waals surface area contributed by atoms with Gasteiger partial charge in [-0.05, 0) is 48.6 Å². The lowest BCUT2D eigenvalue weighted by Gasteiger charge is -2.15. The summed E-state index contributed by atoms with van der Waals surface area (Å²) in [4.78, 5) is 12.1. The molecule has 0 bridgehead atoms. The Morgan fingerprint density at radius 2 is 1.87 bits per heavy atom. The summed E-state index contributed by atoms with van der Waals surface area (Å²) in [7, 11) is 1.65. The van der Waals surface area contributed by atoms with E-state index < -0.39 is 0 Å². The topological polar surface area (TPSA) is 38.3 Å². The smallest absolute Gasteiger partial charge is 0.220 e. The minimum Gasteiger partial charge on any atom is -0.497 e. The van der Waals surface area contributed by atoms with E-state index in [1.165, 1.54) is 5.56 Å². The lowest BCUT2D eigenvalue weighted by atomic mass is 10.0. The van der Waals surface area contributed by atoms with Crippen molar-refractivity contribution in [3.8, 4) is 5.75 Å². The molecule has 0 radical (unpaired) electrons. The van der Waals surface area contributed by atoms with Crippen LogP contribution >= 0.6 is 0 Å². The van der Waals surface area contributed by atoms with Crippen LogP contribution < -0.4 is 10.1 Å². The Morgan fingerprint density at radius 3 is 2.52 bits per heavy atom. The molecule has 0 fully saturated rings. The van der Waals surface area contributed by atoms with Gasteiger partial charge in [-0.1, -0.05) is 43.3 Å². The maximum atomic E-state index is 12.1. The summed E-state index contributed by atoms with van der Waals surface area (Å²) in [5.41, 5.74) is 3.56. The molecule has 2 rings (SSSR count). The van der Waals surface area contributed by atoms with Gasteiger partial charge in [0, 0.05) is 6.42 Å². The molecule has 2 aromatic rings. The quantitative estimate of drug-likeness (QED) is 0.837. The van der Waals surface area contributed by atoms with Crippen LogP contribution in [0, 0.1) is 0 Å². The molecule has 3 nitrogen and oxygen atoms in total. The molecule has 0 saturated carbocycles. The second kappa shape index (κ2) is 8.37. The third kappa shape index (κ3) is 5.13. The highest BCUT2D eigenvalue weighted by molar-refractivity contribution is 5.76. The fourth-order valence-corrected chi connectivity index (χ4v) is 2.52. The molecule has 0 aliphatic heterocycles. The highest BCUT2D eigenvalue weighted by atomic mass is 16.5. The molecule has 0 spiro atoms. The number of benzene rings is 2. The number of hydrogen-bond donors (Lipinski definition) is 1. The van der Waals surface area contributed by atoms with E-state index in [0.717, 1.165) is 23.3 Å². The molecular weight excluding hydrogens is 286 g/mol. The number of nitrogens with one attached hydrogen (secondary N) is 1. The molecule has 0 aliphatic carbocycles. The Balaban J connectivity index is 1.85. The molecule has 1 amide bonds. The number of methoxy groups -OCH3 is 1. The van der Waals surface area contributed by atoms with E-state index in [9.17, 15) is 4.79 Å². The van der Waals surface area contributed by atoms with Crippen molar-refractivity contribution in [3.05, 3.63) is 65.2 Å². The Morgan fingerprint density at radius 1 is 1.13 bits per heavy atom. The van der Waals surface area contributed by atoms with Crippen molar-refractivity contribution < 1.29 is 9.53 Å². The van der Waals surface area contributed by atoms with Gasteiger partial charge in [0.25, 0.3) is 0 Å². The van der Waals surface area contributed by atoms with Crippen LogP contribution in [0.5, 0.6) is 5.75 Å². The van der Waals surface area contributed by atoms with Crippen LogP contribution in [0.15, 0.2) is 48.5 Å².